The van der Waals surface area contributed by atoms with E-state index in [1.807, 2.05) is 37.3 Å². The zero-order valence-corrected chi connectivity index (χ0v) is 11.5. The van der Waals surface area contributed by atoms with E-state index < -0.39 is 0 Å². The lowest BCUT2D eigenvalue weighted by Crippen LogP contribution is -2.41. The molecule has 1 amide bonds. The van der Waals surface area contributed by atoms with E-state index in [9.17, 15) is 4.79 Å². The number of rotatable bonds is 2. The van der Waals surface area contributed by atoms with Gasteiger partial charge in [0.25, 0.3) is 0 Å². The molecule has 3 heteroatoms. The Hall–Kier alpha value is -1.35. The molecule has 0 aromatic heterocycles. The van der Waals surface area contributed by atoms with Gasteiger partial charge in [0.1, 0.15) is 0 Å². The second-order valence-electron chi connectivity index (χ2n) is 5.84. The van der Waals surface area contributed by atoms with Crippen LogP contribution in [0.5, 0.6) is 0 Å². The Morgan fingerprint density at radius 3 is 2.84 bits per heavy atom. The van der Waals surface area contributed by atoms with E-state index in [1.165, 1.54) is 12.8 Å². The van der Waals surface area contributed by atoms with E-state index >= 15 is 0 Å². The zero-order valence-electron chi connectivity index (χ0n) is 11.5. The number of likely N-dealkylation sites (tertiary alicyclic amines) is 1. The van der Waals surface area contributed by atoms with Crippen molar-refractivity contribution in [3.63, 3.8) is 0 Å². The molecule has 3 unspecified atom stereocenters. The lowest BCUT2D eigenvalue weighted by Gasteiger charge is -2.24. The van der Waals surface area contributed by atoms with Crippen molar-refractivity contribution in [3.8, 4) is 0 Å². The molecule has 0 spiro atoms. The highest BCUT2D eigenvalue weighted by Gasteiger charge is 2.37. The van der Waals surface area contributed by atoms with Crippen molar-refractivity contribution in [1.82, 2.24) is 10.2 Å². The maximum absolute atomic E-state index is 12.6. The van der Waals surface area contributed by atoms with Gasteiger partial charge in [0, 0.05) is 19.1 Å². The first-order chi connectivity index (χ1) is 9.25. The van der Waals surface area contributed by atoms with Gasteiger partial charge in [-0.2, -0.15) is 0 Å². The summed E-state index contributed by atoms with van der Waals surface area (Å²) in [6, 6.07) is 10.6. The molecule has 19 heavy (non-hydrogen) atoms. The first kappa shape index (κ1) is 12.7. The molecule has 2 aliphatic rings. The maximum atomic E-state index is 12.6. The van der Waals surface area contributed by atoms with Gasteiger partial charge in [0.05, 0.1) is 5.92 Å². The summed E-state index contributed by atoms with van der Waals surface area (Å²) in [4.78, 5) is 14.6. The average molecular weight is 258 g/mol. The summed E-state index contributed by atoms with van der Waals surface area (Å²) in [5, 5.41) is 3.55. The third kappa shape index (κ3) is 2.52. The van der Waals surface area contributed by atoms with Gasteiger partial charge in [-0.3, -0.25) is 4.79 Å². The van der Waals surface area contributed by atoms with Gasteiger partial charge < -0.3 is 10.2 Å². The number of amides is 1. The van der Waals surface area contributed by atoms with Gasteiger partial charge >= 0.3 is 0 Å². The van der Waals surface area contributed by atoms with Crippen LogP contribution >= 0.6 is 0 Å². The van der Waals surface area contributed by atoms with Crippen molar-refractivity contribution in [2.24, 2.45) is 5.92 Å². The van der Waals surface area contributed by atoms with Crippen molar-refractivity contribution in [1.29, 1.82) is 0 Å². The predicted molar refractivity (Wildman–Crippen MR) is 76.0 cm³/mol. The molecule has 3 rings (SSSR count). The summed E-state index contributed by atoms with van der Waals surface area (Å²) in [6.45, 7) is 4.96. The molecule has 3 nitrogen and oxygen atoms in total. The normalized spacial score (nSPS) is 27.9. The van der Waals surface area contributed by atoms with Crippen molar-refractivity contribution < 1.29 is 4.79 Å². The molecule has 102 valence electrons. The number of nitrogens with zero attached hydrogens (tertiary/aromatic N) is 1. The number of carbonyl (C=O) groups excluding carboxylic acids is 1. The average Bonchev–Trinajstić information content (AvgIpc) is 2.90. The number of hydrogen-bond donors (Lipinski definition) is 1. The summed E-state index contributed by atoms with van der Waals surface area (Å²) in [5.41, 5.74) is 1.12. The number of hydrogen-bond acceptors (Lipinski definition) is 2. The maximum Gasteiger partial charge on any atom is 0.229 e. The summed E-state index contributed by atoms with van der Waals surface area (Å²) >= 11 is 0. The van der Waals surface area contributed by atoms with Crippen LogP contribution in [-0.4, -0.2) is 36.5 Å². The molecule has 1 aromatic carbocycles. The lowest BCUT2D eigenvalue weighted by atomic mass is 9.94. The molecular weight excluding hydrogens is 236 g/mol. The fourth-order valence-corrected chi connectivity index (χ4v) is 3.38. The molecule has 1 N–H and O–H groups in total. The largest absolute Gasteiger partial charge is 0.340 e. The fourth-order valence-electron chi connectivity index (χ4n) is 3.38. The molecule has 1 aromatic rings. The van der Waals surface area contributed by atoms with Gasteiger partial charge in [-0.25, -0.2) is 0 Å². The van der Waals surface area contributed by atoms with E-state index in [1.54, 1.807) is 0 Å². The van der Waals surface area contributed by atoms with Gasteiger partial charge in [-0.05, 0) is 37.8 Å². The molecule has 2 aliphatic heterocycles. The standard InChI is InChI=1S/C16H22N2O/c1-12(13-6-3-2-4-7-13)16(19)18-10-14-8-5-9-17-15(14)11-18/h2-4,6-7,12,14-15,17H,5,8-11H2,1H3. The number of benzene rings is 1. The minimum absolute atomic E-state index is 0.0265. The summed E-state index contributed by atoms with van der Waals surface area (Å²) in [7, 11) is 0. The first-order valence-corrected chi connectivity index (χ1v) is 7.33. The second-order valence-corrected chi connectivity index (χ2v) is 5.84. The smallest absolute Gasteiger partial charge is 0.229 e. The topological polar surface area (TPSA) is 32.3 Å². The van der Waals surface area contributed by atoms with Crippen LogP contribution in [0.3, 0.4) is 0 Å². The van der Waals surface area contributed by atoms with Crippen molar-refractivity contribution in [2.75, 3.05) is 19.6 Å². The van der Waals surface area contributed by atoms with Crippen LogP contribution in [0.15, 0.2) is 30.3 Å². The van der Waals surface area contributed by atoms with E-state index in [-0.39, 0.29) is 11.8 Å². The van der Waals surface area contributed by atoms with Gasteiger partial charge in [-0.15, -0.1) is 0 Å². The third-order valence-corrected chi connectivity index (χ3v) is 4.58. The van der Waals surface area contributed by atoms with Crippen LogP contribution in [0, 0.1) is 5.92 Å². The highest BCUT2D eigenvalue weighted by atomic mass is 16.2. The summed E-state index contributed by atoms with van der Waals surface area (Å²) in [6.07, 6.45) is 2.51. The van der Waals surface area contributed by atoms with Crippen LogP contribution in [0.1, 0.15) is 31.2 Å². The molecule has 2 heterocycles. The van der Waals surface area contributed by atoms with E-state index in [4.69, 9.17) is 0 Å². The first-order valence-electron chi connectivity index (χ1n) is 7.33. The minimum atomic E-state index is -0.0265. The molecule has 0 saturated carbocycles. The van der Waals surface area contributed by atoms with Gasteiger partial charge in [0.15, 0.2) is 0 Å². The highest BCUT2D eigenvalue weighted by molar-refractivity contribution is 5.83. The highest BCUT2D eigenvalue weighted by Crippen LogP contribution is 2.27. The Balaban J connectivity index is 1.68. The molecule has 0 aliphatic carbocycles. The summed E-state index contributed by atoms with van der Waals surface area (Å²) in [5.74, 6) is 0.921. The Kier molecular flexibility index (Phi) is 3.56. The molecule has 3 atom stereocenters. The number of piperidine rings is 1. The molecule has 0 bridgehead atoms. The Morgan fingerprint density at radius 2 is 2.11 bits per heavy atom. The van der Waals surface area contributed by atoms with Crippen LogP contribution < -0.4 is 5.32 Å². The monoisotopic (exact) mass is 258 g/mol. The third-order valence-electron chi connectivity index (χ3n) is 4.58. The Bertz CT molecular complexity index is 431. The van der Waals surface area contributed by atoms with E-state index in [0.29, 0.717) is 12.0 Å². The number of nitrogens with one attached hydrogen (secondary N) is 1. The SMILES string of the molecule is CC(C(=O)N1CC2CCCNC2C1)c1ccccc1. The van der Waals surface area contributed by atoms with E-state index in [2.05, 4.69) is 10.2 Å². The van der Waals surface area contributed by atoms with Gasteiger partial charge in [-0.1, -0.05) is 30.3 Å². The Labute approximate surface area is 115 Å². The van der Waals surface area contributed by atoms with Gasteiger partial charge in [0.2, 0.25) is 5.91 Å². The molecule has 0 radical (unpaired) electrons. The van der Waals surface area contributed by atoms with Crippen LogP contribution in [0.2, 0.25) is 0 Å². The minimum Gasteiger partial charge on any atom is -0.340 e. The van der Waals surface area contributed by atoms with Crippen molar-refractivity contribution in [3.05, 3.63) is 35.9 Å². The Morgan fingerprint density at radius 1 is 1.32 bits per heavy atom. The summed E-state index contributed by atoms with van der Waals surface area (Å²) < 4.78 is 0. The van der Waals surface area contributed by atoms with Crippen LogP contribution in [-0.2, 0) is 4.79 Å². The lowest BCUT2D eigenvalue weighted by molar-refractivity contribution is -0.131. The predicted octanol–water partition coefficient (Wildman–Crippen LogP) is 2.00. The zero-order chi connectivity index (χ0) is 13.2. The van der Waals surface area contributed by atoms with Crippen LogP contribution in [0.25, 0.3) is 0 Å². The molecule has 2 fully saturated rings. The van der Waals surface area contributed by atoms with Crippen molar-refractivity contribution >= 4 is 5.91 Å². The van der Waals surface area contributed by atoms with E-state index in [0.717, 1.165) is 25.2 Å². The molecule has 2 saturated heterocycles. The van der Waals surface area contributed by atoms with Crippen LogP contribution in [0.4, 0.5) is 0 Å². The fraction of sp³-hybridized carbons (Fsp3) is 0.562. The van der Waals surface area contributed by atoms with Crippen molar-refractivity contribution in [2.45, 2.75) is 31.7 Å². The second kappa shape index (κ2) is 5.33. The number of fused-ring (bicyclic) bond motifs is 1. The number of carbonyl (C=O) groups is 1. The molecular formula is C16H22N2O. The quantitative estimate of drug-likeness (QED) is 0.880.